The average Bonchev–Trinajstić information content (AvgIpc) is 2.68. The van der Waals surface area contributed by atoms with E-state index in [1.165, 1.54) is 0 Å². The number of aliphatic hydroxyl groups is 1. The minimum absolute atomic E-state index is 0.0229. The first-order valence-corrected chi connectivity index (χ1v) is 8.62. The Kier molecular flexibility index (Phi) is 5.57. The Morgan fingerprint density at radius 3 is 2.52 bits per heavy atom. The summed E-state index contributed by atoms with van der Waals surface area (Å²) in [7, 11) is 5.55. The molecule has 0 aromatic heterocycles. The van der Waals surface area contributed by atoms with Crippen LogP contribution < -0.4 is 0 Å². The van der Waals surface area contributed by atoms with E-state index in [0.29, 0.717) is 19.3 Å². The van der Waals surface area contributed by atoms with E-state index in [4.69, 9.17) is 12.6 Å². The van der Waals surface area contributed by atoms with Gasteiger partial charge in [-0.2, -0.15) is 0 Å². The van der Waals surface area contributed by atoms with E-state index in [2.05, 4.69) is 0 Å². The highest BCUT2D eigenvalue weighted by Crippen LogP contribution is 2.41. The first kappa shape index (κ1) is 18.5. The fraction of sp³-hybridized carbons (Fsp3) is 0.882. The number of ether oxygens (including phenoxy) is 1. The minimum atomic E-state index is -0.740. The SMILES string of the molecule is [B]C(=O)N1[C@@H](CC)[C@@H](CC2CC(O)CCC2C(C)=O)OC1(C)C. The van der Waals surface area contributed by atoms with Crippen LogP contribution >= 0.6 is 0 Å². The van der Waals surface area contributed by atoms with Crippen molar-refractivity contribution in [2.75, 3.05) is 0 Å². The van der Waals surface area contributed by atoms with Crippen molar-refractivity contribution in [1.29, 1.82) is 0 Å². The molecule has 1 N–H and O–H groups in total. The summed E-state index contributed by atoms with van der Waals surface area (Å²) in [5.74, 6) is -0.223. The Labute approximate surface area is 140 Å². The van der Waals surface area contributed by atoms with E-state index in [0.717, 1.165) is 12.8 Å². The maximum atomic E-state index is 11.9. The standard InChI is InChI=1S/C17H28BNO4/c1-5-14-15(23-17(3,4)19(14)16(18)22)9-11-8-12(21)6-7-13(11)10(2)20/h11-15,21H,5-9H2,1-4H3/t11?,12?,13?,14-,15+/m0/s1. The molecule has 1 saturated heterocycles. The van der Waals surface area contributed by atoms with Crippen LogP contribution in [-0.2, 0) is 9.53 Å². The van der Waals surface area contributed by atoms with Crippen LogP contribution in [-0.4, -0.2) is 53.4 Å². The van der Waals surface area contributed by atoms with E-state index >= 15 is 0 Å². The van der Waals surface area contributed by atoms with Crippen LogP contribution in [0.2, 0.25) is 0 Å². The van der Waals surface area contributed by atoms with E-state index < -0.39 is 11.5 Å². The van der Waals surface area contributed by atoms with Crippen molar-refractivity contribution >= 4 is 19.4 Å². The lowest BCUT2D eigenvalue weighted by atomic mass is 9.73. The van der Waals surface area contributed by atoms with Crippen molar-refractivity contribution in [3.8, 4) is 0 Å². The molecule has 6 heteroatoms. The number of hydrogen-bond acceptors (Lipinski definition) is 4. The summed E-state index contributed by atoms with van der Waals surface area (Å²) in [6, 6.07) is -0.0887. The Balaban J connectivity index is 2.17. The van der Waals surface area contributed by atoms with Crippen LogP contribution in [0.5, 0.6) is 0 Å². The van der Waals surface area contributed by atoms with Gasteiger partial charge in [0.2, 0.25) is 7.85 Å². The highest BCUT2D eigenvalue weighted by Gasteiger charge is 2.48. The molecule has 128 valence electrons. The topological polar surface area (TPSA) is 66.8 Å². The van der Waals surface area contributed by atoms with E-state index in [1.807, 2.05) is 20.8 Å². The van der Waals surface area contributed by atoms with E-state index in [-0.39, 0.29) is 35.9 Å². The molecule has 0 spiro atoms. The summed E-state index contributed by atoms with van der Waals surface area (Å²) in [5, 5.41) is 9.98. The van der Waals surface area contributed by atoms with Crippen molar-refractivity contribution < 1.29 is 19.4 Å². The lowest BCUT2D eigenvalue weighted by molar-refractivity contribution is -0.125. The Morgan fingerprint density at radius 1 is 1.35 bits per heavy atom. The number of Topliss-reactive ketones (excluding diaryl/α,β-unsaturated/α-hetero) is 1. The summed E-state index contributed by atoms with van der Waals surface area (Å²) in [6.07, 6.45) is 2.95. The molecule has 2 fully saturated rings. The largest absolute Gasteiger partial charge is 0.393 e. The highest BCUT2D eigenvalue weighted by molar-refractivity contribution is 6.57. The van der Waals surface area contributed by atoms with Crippen molar-refractivity contribution in [2.24, 2.45) is 11.8 Å². The lowest BCUT2D eigenvalue weighted by Gasteiger charge is -2.35. The van der Waals surface area contributed by atoms with Crippen LogP contribution in [0.15, 0.2) is 0 Å². The van der Waals surface area contributed by atoms with Crippen molar-refractivity contribution in [3.05, 3.63) is 0 Å². The minimum Gasteiger partial charge on any atom is -0.393 e. The smallest absolute Gasteiger partial charge is 0.200 e. The van der Waals surface area contributed by atoms with Crippen LogP contribution in [0.3, 0.4) is 0 Å². The van der Waals surface area contributed by atoms with Gasteiger partial charge in [0.1, 0.15) is 11.5 Å². The van der Waals surface area contributed by atoms with Crippen molar-refractivity contribution in [2.45, 2.75) is 83.8 Å². The van der Waals surface area contributed by atoms with E-state index in [9.17, 15) is 14.7 Å². The fourth-order valence-electron chi connectivity index (χ4n) is 4.48. The van der Waals surface area contributed by atoms with Gasteiger partial charge in [0.05, 0.1) is 18.2 Å². The van der Waals surface area contributed by atoms with Gasteiger partial charge >= 0.3 is 0 Å². The molecular formula is C17H28BNO4. The molecule has 2 aliphatic rings. The van der Waals surface area contributed by atoms with Gasteiger partial charge in [0, 0.05) is 5.92 Å². The number of rotatable bonds is 4. The van der Waals surface area contributed by atoms with Gasteiger partial charge in [-0.05, 0) is 58.8 Å². The van der Waals surface area contributed by atoms with Crippen LogP contribution in [0.1, 0.15) is 59.8 Å². The second kappa shape index (κ2) is 6.93. The Bertz CT molecular complexity index is 468. The number of carbonyl (C=O) groups excluding carboxylic acids is 2. The predicted octanol–water partition coefficient (Wildman–Crippen LogP) is 2.25. The fourth-order valence-corrected chi connectivity index (χ4v) is 4.48. The molecule has 1 aliphatic heterocycles. The van der Waals surface area contributed by atoms with Gasteiger partial charge in [-0.1, -0.05) is 6.92 Å². The normalized spacial score (nSPS) is 36.9. The first-order chi connectivity index (χ1) is 10.7. The molecule has 1 aliphatic carbocycles. The predicted molar refractivity (Wildman–Crippen MR) is 88.2 cm³/mol. The maximum absolute atomic E-state index is 11.9. The van der Waals surface area contributed by atoms with Gasteiger partial charge in [-0.15, -0.1) is 0 Å². The molecule has 0 aromatic carbocycles. The quantitative estimate of drug-likeness (QED) is 0.807. The molecule has 1 heterocycles. The molecule has 0 bridgehead atoms. The van der Waals surface area contributed by atoms with Crippen LogP contribution in [0.25, 0.3) is 0 Å². The molecule has 5 nitrogen and oxygen atoms in total. The van der Waals surface area contributed by atoms with E-state index in [1.54, 1.807) is 11.8 Å². The number of amides is 1. The molecule has 0 aromatic rings. The Morgan fingerprint density at radius 2 is 2.00 bits per heavy atom. The van der Waals surface area contributed by atoms with Gasteiger partial charge in [-0.25, -0.2) is 0 Å². The van der Waals surface area contributed by atoms with Gasteiger partial charge in [0.25, 0.3) is 0 Å². The molecule has 5 atom stereocenters. The Hall–Kier alpha value is -0.875. The van der Waals surface area contributed by atoms with Crippen LogP contribution in [0, 0.1) is 11.8 Å². The highest BCUT2D eigenvalue weighted by atomic mass is 16.5. The summed E-state index contributed by atoms with van der Waals surface area (Å²) < 4.78 is 6.12. The summed E-state index contributed by atoms with van der Waals surface area (Å²) in [4.78, 5) is 25.4. The summed E-state index contributed by atoms with van der Waals surface area (Å²) in [6.45, 7) is 7.33. The lowest BCUT2D eigenvalue weighted by Crippen LogP contribution is -2.47. The number of carbonyl (C=O) groups is 2. The molecule has 23 heavy (non-hydrogen) atoms. The van der Waals surface area contributed by atoms with Crippen molar-refractivity contribution in [1.82, 2.24) is 4.90 Å². The number of ketones is 1. The zero-order chi connectivity index (χ0) is 17.4. The second-order valence-corrected chi connectivity index (χ2v) is 7.47. The van der Waals surface area contributed by atoms with Crippen molar-refractivity contribution in [3.63, 3.8) is 0 Å². The zero-order valence-electron chi connectivity index (χ0n) is 14.6. The molecule has 1 saturated carbocycles. The average molecular weight is 321 g/mol. The molecule has 3 unspecified atom stereocenters. The number of hydrogen-bond donors (Lipinski definition) is 1. The summed E-state index contributed by atoms with van der Waals surface area (Å²) >= 11 is 0. The van der Waals surface area contributed by atoms with Gasteiger partial charge in [-0.3, -0.25) is 9.59 Å². The van der Waals surface area contributed by atoms with Gasteiger partial charge in [0.15, 0.2) is 5.81 Å². The maximum Gasteiger partial charge on any atom is 0.200 e. The third-order valence-corrected chi connectivity index (χ3v) is 5.45. The summed E-state index contributed by atoms with van der Waals surface area (Å²) in [5.41, 5.74) is -0.740. The van der Waals surface area contributed by atoms with Gasteiger partial charge < -0.3 is 14.7 Å². The third-order valence-electron chi connectivity index (χ3n) is 5.45. The molecular weight excluding hydrogens is 293 g/mol. The number of nitrogens with zero attached hydrogens (tertiary/aromatic N) is 1. The first-order valence-electron chi connectivity index (χ1n) is 8.62. The third kappa shape index (κ3) is 3.79. The molecule has 2 radical (unpaired) electrons. The number of aliphatic hydroxyl groups excluding tert-OH is 1. The molecule has 2 rings (SSSR count). The second-order valence-electron chi connectivity index (χ2n) is 7.47. The van der Waals surface area contributed by atoms with Crippen LogP contribution in [0.4, 0.5) is 4.79 Å². The monoisotopic (exact) mass is 321 g/mol. The molecule has 1 amide bonds. The zero-order valence-corrected chi connectivity index (χ0v) is 14.6.